The quantitative estimate of drug-likeness (QED) is 0.426. The molecule has 2 heteroatoms. The van der Waals surface area contributed by atoms with Gasteiger partial charge >= 0.3 is 0 Å². The molecule has 0 aliphatic heterocycles. The minimum atomic E-state index is -0.218. The SMILES string of the molecule is C=C1CCC2C(C(C(=C)C=O)C1C=O)C2(C)C. The first-order valence-corrected chi connectivity index (χ1v) is 6.22. The van der Waals surface area contributed by atoms with Crippen LogP contribution < -0.4 is 0 Å². The normalized spacial score (nSPS) is 38.8. The number of aldehydes is 2. The maximum absolute atomic E-state index is 11.3. The van der Waals surface area contributed by atoms with Crippen LogP contribution in [0.1, 0.15) is 26.7 Å². The molecule has 0 heterocycles. The Morgan fingerprint density at radius 2 is 2.06 bits per heavy atom. The van der Waals surface area contributed by atoms with E-state index in [1.165, 1.54) is 0 Å². The van der Waals surface area contributed by atoms with Crippen molar-refractivity contribution in [3.05, 3.63) is 24.3 Å². The lowest BCUT2D eigenvalue weighted by Crippen LogP contribution is -2.23. The van der Waals surface area contributed by atoms with Gasteiger partial charge in [0.05, 0.1) is 0 Å². The monoisotopic (exact) mass is 232 g/mol. The molecule has 0 radical (unpaired) electrons. The molecule has 2 aliphatic rings. The molecule has 17 heavy (non-hydrogen) atoms. The van der Waals surface area contributed by atoms with E-state index in [1.807, 2.05) is 0 Å². The summed E-state index contributed by atoms with van der Waals surface area (Å²) < 4.78 is 0. The van der Waals surface area contributed by atoms with Crippen LogP contribution in [0.25, 0.3) is 0 Å². The first-order chi connectivity index (χ1) is 7.95. The molecular formula is C15H20O2. The molecule has 0 bridgehead atoms. The second kappa shape index (κ2) is 3.94. The average molecular weight is 232 g/mol. The van der Waals surface area contributed by atoms with Gasteiger partial charge in [-0.05, 0) is 35.7 Å². The maximum Gasteiger partial charge on any atom is 0.145 e. The Kier molecular flexibility index (Phi) is 2.84. The van der Waals surface area contributed by atoms with Gasteiger partial charge in [-0.15, -0.1) is 0 Å². The zero-order valence-electron chi connectivity index (χ0n) is 10.6. The molecule has 0 spiro atoms. The number of carbonyl (C=O) groups is 2. The molecule has 2 saturated carbocycles. The third-order valence-corrected chi connectivity index (χ3v) is 4.89. The smallest absolute Gasteiger partial charge is 0.145 e. The molecule has 0 aromatic rings. The lowest BCUT2D eigenvalue weighted by molar-refractivity contribution is -0.111. The van der Waals surface area contributed by atoms with Crippen LogP contribution in [0.15, 0.2) is 24.3 Å². The molecule has 0 aromatic carbocycles. The van der Waals surface area contributed by atoms with Crippen molar-refractivity contribution in [1.82, 2.24) is 0 Å². The highest BCUT2D eigenvalue weighted by Gasteiger charge is 2.63. The molecule has 2 nitrogen and oxygen atoms in total. The van der Waals surface area contributed by atoms with Crippen LogP contribution in [0, 0.1) is 29.1 Å². The van der Waals surface area contributed by atoms with Gasteiger partial charge in [-0.25, -0.2) is 0 Å². The van der Waals surface area contributed by atoms with Crippen LogP contribution >= 0.6 is 0 Å². The Hall–Kier alpha value is -1.18. The first kappa shape index (κ1) is 12.3. The number of allylic oxidation sites excluding steroid dienone is 2. The van der Waals surface area contributed by atoms with Crippen LogP contribution in [-0.4, -0.2) is 12.6 Å². The highest BCUT2D eigenvalue weighted by atomic mass is 16.1. The van der Waals surface area contributed by atoms with Crippen LogP contribution in [0.5, 0.6) is 0 Å². The lowest BCUT2D eigenvalue weighted by atomic mass is 9.78. The number of carbonyl (C=O) groups excluding carboxylic acids is 2. The summed E-state index contributed by atoms with van der Waals surface area (Å²) in [4.78, 5) is 22.3. The summed E-state index contributed by atoms with van der Waals surface area (Å²) in [7, 11) is 0. The van der Waals surface area contributed by atoms with E-state index in [0.717, 1.165) is 31.0 Å². The van der Waals surface area contributed by atoms with E-state index in [-0.39, 0.29) is 17.3 Å². The number of fused-ring (bicyclic) bond motifs is 1. The summed E-state index contributed by atoms with van der Waals surface area (Å²) >= 11 is 0. The fraction of sp³-hybridized carbons (Fsp3) is 0.600. The van der Waals surface area contributed by atoms with Gasteiger partial charge in [-0.3, -0.25) is 4.79 Å². The van der Waals surface area contributed by atoms with E-state index in [4.69, 9.17) is 0 Å². The van der Waals surface area contributed by atoms with Gasteiger partial charge in [-0.2, -0.15) is 0 Å². The molecule has 0 saturated heterocycles. The molecule has 0 N–H and O–H groups in total. The third kappa shape index (κ3) is 1.70. The second-order valence-corrected chi connectivity index (χ2v) is 6.03. The Morgan fingerprint density at radius 1 is 1.41 bits per heavy atom. The Bertz CT molecular complexity index is 392. The van der Waals surface area contributed by atoms with E-state index >= 15 is 0 Å². The van der Waals surface area contributed by atoms with Crippen LogP contribution in [-0.2, 0) is 9.59 Å². The van der Waals surface area contributed by atoms with Crippen LogP contribution in [0.4, 0.5) is 0 Å². The topological polar surface area (TPSA) is 34.1 Å². The van der Waals surface area contributed by atoms with Crippen molar-refractivity contribution in [3.8, 4) is 0 Å². The highest BCUT2D eigenvalue weighted by molar-refractivity contribution is 5.76. The van der Waals surface area contributed by atoms with Crippen molar-refractivity contribution in [1.29, 1.82) is 0 Å². The molecule has 2 aliphatic carbocycles. The van der Waals surface area contributed by atoms with Gasteiger partial charge in [0, 0.05) is 11.8 Å². The minimum absolute atomic E-state index is 0.0278. The third-order valence-electron chi connectivity index (χ3n) is 4.89. The van der Waals surface area contributed by atoms with E-state index < -0.39 is 0 Å². The van der Waals surface area contributed by atoms with Crippen molar-refractivity contribution in [2.75, 3.05) is 0 Å². The molecule has 2 fully saturated rings. The molecule has 0 aromatic heterocycles. The summed E-state index contributed by atoms with van der Waals surface area (Å²) in [5.74, 6) is 0.769. The van der Waals surface area contributed by atoms with E-state index in [2.05, 4.69) is 27.0 Å². The fourth-order valence-corrected chi connectivity index (χ4v) is 3.76. The van der Waals surface area contributed by atoms with Gasteiger partial charge in [0.25, 0.3) is 0 Å². The summed E-state index contributed by atoms with van der Waals surface area (Å²) in [5.41, 5.74) is 1.76. The summed E-state index contributed by atoms with van der Waals surface area (Å²) in [5, 5.41) is 0. The Labute approximate surface area is 103 Å². The highest BCUT2D eigenvalue weighted by Crippen LogP contribution is 2.67. The van der Waals surface area contributed by atoms with Crippen molar-refractivity contribution in [3.63, 3.8) is 0 Å². The molecule has 92 valence electrons. The number of hydrogen-bond acceptors (Lipinski definition) is 2. The van der Waals surface area contributed by atoms with Gasteiger partial charge < -0.3 is 4.79 Å². The van der Waals surface area contributed by atoms with Gasteiger partial charge in [0.2, 0.25) is 0 Å². The lowest BCUT2D eigenvalue weighted by Gasteiger charge is -2.25. The summed E-state index contributed by atoms with van der Waals surface area (Å²) in [6.07, 6.45) is 3.75. The molecule has 0 amide bonds. The average Bonchev–Trinajstić information content (AvgIpc) is 2.87. The zero-order valence-corrected chi connectivity index (χ0v) is 10.6. The van der Waals surface area contributed by atoms with E-state index in [0.29, 0.717) is 17.4 Å². The van der Waals surface area contributed by atoms with Gasteiger partial charge in [0.15, 0.2) is 0 Å². The predicted octanol–water partition coefficient (Wildman–Crippen LogP) is 2.80. The summed E-state index contributed by atoms with van der Waals surface area (Å²) in [6.45, 7) is 12.3. The van der Waals surface area contributed by atoms with Crippen molar-refractivity contribution < 1.29 is 9.59 Å². The maximum atomic E-state index is 11.3. The standard InChI is InChI=1S/C15H20O2/c1-9-5-6-12-14(15(12,3)4)13(10(2)7-16)11(9)8-17/h7-8,11-14H,1-2,5-6H2,3-4H3. The van der Waals surface area contributed by atoms with Crippen LogP contribution in [0.2, 0.25) is 0 Å². The van der Waals surface area contributed by atoms with Crippen LogP contribution in [0.3, 0.4) is 0 Å². The van der Waals surface area contributed by atoms with Crippen molar-refractivity contribution in [2.45, 2.75) is 26.7 Å². The summed E-state index contributed by atoms with van der Waals surface area (Å²) in [6, 6.07) is 0. The van der Waals surface area contributed by atoms with Crippen molar-refractivity contribution in [2.24, 2.45) is 29.1 Å². The number of hydrogen-bond donors (Lipinski definition) is 0. The van der Waals surface area contributed by atoms with Crippen molar-refractivity contribution >= 4 is 12.6 Å². The molecule has 4 atom stereocenters. The number of rotatable bonds is 3. The second-order valence-electron chi connectivity index (χ2n) is 6.03. The largest absolute Gasteiger partial charge is 0.303 e. The zero-order chi connectivity index (χ0) is 12.8. The first-order valence-electron chi connectivity index (χ1n) is 6.22. The Balaban J connectivity index is 2.38. The Morgan fingerprint density at radius 3 is 2.59 bits per heavy atom. The molecule has 2 rings (SSSR count). The fourth-order valence-electron chi connectivity index (χ4n) is 3.76. The molecular weight excluding hydrogens is 212 g/mol. The molecule has 4 unspecified atom stereocenters. The van der Waals surface area contributed by atoms with E-state index in [9.17, 15) is 9.59 Å². The predicted molar refractivity (Wildman–Crippen MR) is 67.4 cm³/mol. The minimum Gasteiger partial charge on any atom is -0.303 e. The van der Waals surface area contributed by atoms with Gasteiger partial charge in [0.1, 0.15) is 12.6 Å². The van der Waals surface area contributed by atoms with Gasteiger partial charge in [-0.1, -0.05) is 32.6 Å². The van der Waals surface area contributed by atoms with E-state index in [1.54, 1.807) is 0 Å².